The maximum absolute atomic E-state index is 12.1. The monoisotopic (exact) mass is 401 g/mol. The second-order valence-electron chi connectivity index (χ2n) is 6.20. The van der Waals surface area contributed by atoms with Crippen molar-refractivity contribution in [2.75, 3.05) is 22.5 Å². The van der Waals surface area contributed by atoms with E-state index in [2.05, 4.69) is 31.9 Å². The second kappa shape index (κ2) is 7.70. The molecule has 0 aliphatic heterocycles. The fourth-order valence-corrected chi connectivity index (χ4v) is 2.88. The molecule has 5 nitrogen and oxygen atoms in total. The Kier molecular flexibility index (Phi) is 5.38. The first-order chi connectivity index (χ1) is 12.0. The number of halogens is 1. The van der Waals surface area contributed by atoms with Gasteiger partial charge in [-0.15, -0.1) is 0 Å². The van der Waals surface area contributed by atoms with Gasteiger partial charge in [-0.2, -0.15) is 0 Å². The number of hydrogen-bond donors (Lipinski definition) is 3. The van der Waals surface area contributed by atoms with Crippen LogP contribution < -0.4 is 16.0 Å². The van der Waals surface area contributed by atoms with Crippen LogP contribution in [0.15, 0.2) is 46.9 Å². The molecule has 0 unspecified atom stereocenters. The first-order valence-electron chi connectivity index (χ1n) is 8.22. The summed E-state index contributed by atoms with van der Waals surface area (Å²) in [6.45, 7) is 2.12. The fraction of sp³-hybridized carbons (Fsp3) is 0.263. The van der Waals surface area contributed by atoms with Gasteiger partial charge in [0.25, 0.3) is 0 Å². The van der Waals surface area contributed by atoms with Crippen LogP contribution in [0.5, 0.6) is 0 Å². The van der Waals surface area contributed by atoms with E-state index in [-0.39, 0.29) is 24.3 Å². The Morgan fingerprint density at radius 3 is 2.36 bits per heavy atom. The van der Waals surface area contributed by atoms with Crippen LogP contribution in [-0.2, 0) is 9.59 Å². The molecule has 130 valence electrons. The van der Waals surface area contributed by atoms with Crippen molar-refractivity contribution in [2.45, 2.75) is 19.8 Å². The van der Waals surface area contributed by atoms with Gasteiger partial charge in [0.1, 0.15) is 0 Å². The highest BCUT2D eigenvalue weighted by Crippen LogP contribution is 2.30. The summed E-state index contributed by atoms with van der Waals surface area (Å²) in [5.74, 6) is 0.157. The van der Waals surface area contributed by atoms with E-state index in [1.807, 2.05) is 49.4 Å². The molecule has 3 rings (SSSR count). The van der Waals surface area contributed by atoms with E-state index < -0.39 is 0 Å². The van der Waals surface area contributed by atoms with Crippen molar-refractivity contribution in [1.82, 2.24) is 0 Å². The summed E-state index contributed by atoms with van der Waals surface area (Å²) >= 11 is 3.40. The van der Waals surface area contributed by atoms with E-state index >= 15 is 0 Å². The summed E-state index contributed by atoms with van der Waals surface area (Å²) in [6, 6.07) is 13.1. The SMILES string of the molecule is Cc1cc(Br)ccc1NC(=O)CNc1ccc(NC(=O)C2CC2)cc1. The predicted octanol–water partition coefficient (Wildman–Crippen LogP) is 4.16. The van der Waals surface area contributed by atoms with Gasteiger partial charge in [-0.3, -0.25) is 9.59 Å². The lowest BCUT2D eigenvalue weighted by Crippen LogP contribution is -2.22. The molecule has 0 aromatic heterocycles. The molecule has 2 amide bonds. The van der Waals surface area contributed by atoms with E-state index in [9.17, 15) is 9.59 Å². The van der Waals surface area contributed by atoms with Crippen molar-refractivity contribution in [3.8, 4) is 0 Å². The molecule has 25 heavy (non-hydrogen) atoms. The number of benzene rings is 2. The van der Waals surface area contributed by atoms with Crippen LogP contribution in [0.4, 0.5) is 17.1 Å². The van der Waals surface area contributed by atoms with Gasteiger partial charge in [0, 0.05) is 27.5 Å². The Morgan fingerprint density at radius 2 is 1.72 bits per heavy atom. The number of hydrogen-bond acceptors (Lipinski definition) is 3. The van der Waals surface area contributed by atoms with E-state index in [0.29, 0.717) is 0 Å². The predicted molar refractivity (Wildman–Crippen MR) is 104 cm³/mol. The number of anilines is 3. The summed E-state index contributed by atoms with van der Waals surface area (Å²) in [5.41, 5.74) is 3.40. The first-order valence-corrected chi connectivity index (χ1v) is 9.01. The van der Waals surface area contributed by atoms with Crippen LogP contribution in [0.3, 0.4) is 0 Å². The van der Waals surface area contributed by atoms with Crippen LogP contribution in [0.25, 0.3) is 0 Å². The minimum absolute atomic E-state index is 0.0879. The highest BCUT2D eigenvalue weighted by atomic mass is 79.9. The third-order valence-electron chi connectivity index (χ3n) is 4.02. The zero-order valence-corrected chi connectivity index (χ0v) is 15.5. The zero-order chi connectivity index (χ0) is 17.8. The molecule has 1 aliphatic rings. The lowest BCUT2D eigenvalue weighted by Gasteiger charge is -2.11. The summed E-state index contributed by atoms with van der Waals surface area (Å²) in [6.07, 6.45) is 1.97. The highest BCUT2D eigenvalue weighted by Gasteiger charge is 2.29. The Labute approximate surface area is 155 Å². The van der Waals surface area contributed by atoms with E-state index in [1.54, 1.807) is 0 Å². The standard InChI is InChI=1S/C19H20BrN3O2/c1-12-10-14(20)4-9-17(12)23-18(24)11-21-15-5-7-16(8-6-15)22-19(25)13-2-3-13/h4-10,13,21H,2-3,11H2,1H3,(H,22,25)(H,23,24). The van der Waals surface area contributed by atoms with Crippen LogP contribution in [0.2, 0.25) is 0 Å². The molecule has 1 aliphatic carbocycles. The zero-order valence-electron chi connectivity index (χ0n) is 13.9. The van der Waals surface area contributed by atoms with Crippen molar-refractivity contribution in [3.63, 3.8) is 0 Å². The number of aryl methyl sites for hydroxylation is 1. The molecular formula is C19H20BrN3O2. The quantitative estimate of drug-likeness (QED) is 0.680. The van der Waals surface area contributed by atoms with Gasteiger partial charge < -0.3 is 16.0 Å². The normalized spacial score (nSPS) is 13.2. The first kappa shape index (κ1) is 17.5. The van der Waals surface area contributed by atoms with Crippen molar-refractivity contribution < 1.29 is 9.59 Å². The lowest BCUT2D eigenvalue weighted by atomic mass is 10.2. The lowest BCUT2D eigenvalue weighted by molar-refractivity contribution is -0.117. The van der Waals surface area contributed by atoms with Crippen molar-refractivity contribution >= 4 is 44.8 Å². The summed E-state index contributed by atoms with van der Waals surface area (Å²) < 4.78 is 0.981. The maximum atomic E-state index is 12.1. The molecule has 3 N–H and O–H groups in total. The molecule has 0 bridgehead atoms. The van der Waals surface area contributed by atoms with Crippen molar-refractivity contribution in [2.24, 2.45) is 5.92 Å². The van der Waals surface area contributed by atoms with Gasteiger partial charge in [-0.05, 0) is 67.8 Å². The molecule has 2 aromatic rings. The minimum atomic E-state index is -0.114. The van der Waals surface area contributed by atoms with Crippen molar-refractivity contribution in [3.05, 3.63) is 52.5 Å². The number of carbonyl (C=O) groups excluding carboxylic acids is 2. The van der Waals surface area contributed by atoms with Gasteiger partial charge in [0.2, 0.25) is 11.8 Å². The van der Waals surface area contributed by atoms with Crippen LogP contribution >= 0.6 is 15.9 Å². The van der Waals surface area contributed by atoms with Crippen LogP contribution in [0, 0.1) is 12.8 Å². The second-order valence-corrected chi connectivity index (χ2v) is 7.12. The minimum Gasteiger partial charge on any atom is -0.376 e. The molecule has 6 heteroatoms. The molecule has 0 radical (unpaired) electrons. The van der Waals surface area contributed by atoms with Crippen LogP contribution in [-0.4, -0.2) is 18.4 Å². The molecule has 0 spiro atoms. The Hall–Kier alpha value is -2.34. The van der Waals surface area contributed by atoms with E-state index in [0.717, 1.165) is 39.9 Å². The number of nitrogens with one attached hydrogen (secondary N) is 3. The van der Waals surface area contributed by atoms with E-state index in [1.165, 1.54) is 0 Å². The molecule has 2 aromatic carbocycles. The van der Waals surface area contributed by atoms with Gasteiger partial charge in [-0.25, -0.2) is 0 Å². The molecule has 1 saturated carbocycles. The summed E-state index contributed by atoms with van der Waals surface area (Å²) in [5, 5.41) is 8.85. The van der Waals surface area contributed by atoms with Gasteiger partial charge in [0.05, 0.1) is 6.54 Å². The topological polar surface area (TPSA) is 70.2 Å². The van der Waals surface area contributed by atoms with E-state index in [4.69, 9.17) is 0 Å². The van der Waals surface area contributed by atoms with Crippen LogP contribution in [0.1, 0.15) is 18.4 Å². The Bertz CT molecular complexity index is 786. The highest BCUT2D eigenvalue weighted by molar-refractivity contribution is 9.10. The largest absolute Gasteiger partial charge is 0.376 e. The average Bonchev–Trinajstić information content (AvgIpc) is 3.42. The Morgan fingerprint density at radius 1 is 1.04 bits per heavy atom. The number of amides is 2. The molecule has 1 fully saturated rings. The van der Waals surface area contributed by atoms with Crippen molar-refractivity contribution in [1.29, 1.82) is 0 Å². The molecule has 0 heterocycles. The Balaban J connectivity index is 1.49. The molecular weight excluding hydrogens is 382 g/mol. The average molecular weight is 402 g/mol. The number of rotatable bonds is 6. The van der Waals surface area contributed by atoms with Gasteiger partial charge in [0.15, 0.2) is 0 Å². The maximum Gasteiger partial charge on any atom is 0.243 e. The smallest absolute Gasteiger partial charge is 0.243 e. The van der Waals surface area contributed by atoms with Gasteiger partial charge >= 0.3 is 0 Å². The summed E-state index contributed by atoms with van der Waals surface area (Å²) in [4.78, 5) is 23.8. The number of carbonyl (C=O) groups is 2. The summed E-state index contributed by atoms with van der Waals surface area (Å²) in [7, 11) is 0. The molecule has 0 atom stereocenters. The van der Waals surface area contributed by atoms with Gasteiger partial charge in [-0.1, -0.05) is 15.9 Å². The fourth-order valence-electron chi connectivity index (χ4n) is 2.41. The third kappa shape index (κ3) is 5.06. The third-order valence-corrected chi connectivity index (χ3v) is 4.51. The molecule has 0 saturated heterocycles.